The molecule has 0 aliphatic carbocycles. The second kappa shape index (κ2) is 4.58. The van der Waals surface area contributed by atoms with Crippen LogP contribution in [0.4, 0.5) is 0 Å². The van der Waals surface area contributed by atoms with E-state index in [0.29, 0.717) is 0 Å². The third kappa shape index (κ3) is 3.00. The first-order chi connectivity index (χ1) is 7.04. The van der Waals surface area contributed by atoms with E-state index >= 15 is 0 Å². The number of carboxylic acid groups (broad SMARTS) is 3. The SMILES string of the molecule is O=C(O)C(COP(=O)(O)O)(C(=O)O)C(=O)O. The van der Waals surface area contributed by atoms with Crippen molar-refractivity contribution in [2.24, 2.45) is 5.41 Å². The highest BCUT2D eigenvalue weighted by Crippen LogP contribution is 2.38. The van der Waals surface area contributed by atoms with Gasteiger partial charge in [-0.15, -0.1) is 0 Å². The largest absolute Gasteiger partial charge is 0.480 e. The van der Waals surface area contributed by atoms with Crippen LogP contribution < -0.4 is 0 Å². The standard InChI is InChI=1S/C5H7O10P/c6-2(7)5(3(8)9,4(10)11)1-15-16(12,13)14/h1H2,(H,6,7)(H,8,9)(H,10,11)(H2,12,13,14). The lowest BCUT2D eigenvalue weighted by molar-refractivity contribution is -0.178. The first-order valence-corrected chi connectivity index (χ1v) is 4.97. The highest BCUT2D eigenvalue weighted by atomic mass is 31.2. The van der Waals surface area contributed by atoms with E-state index in [4.69, 9.17) is 25.1 Å². The van der Waals surface area contributed by atoms with Gasteiger partial charge in [-0.05, 0) is 0 Å². The monoisotopic (exact) mass is 258 g/mol. The van der Waals surface area contributed by atoms with Crippen molar-refractivity contribution >= 4 is 25.7 Å². The third-order valence-electron chi connectivity index (χ3n) is 1.54. The van der Waals surface area contributed by atoms with Crippen molar-refractivity contribution < 1.29 is 48.6 Å². The summed E-state index contributed by atoms with van der Waals surface area (Å²) in [6, 6.07) is 0. The van der Waals surface area contributed by atoms with E-state index in [9.17, 15) is 18.9 Å². The first kappa shape index (κ1) is 14.5. The maximum absolute atomic E-state index is 10.5. The van der Waals surface area contributed by atoms with Crippen molar-refractivity contribution in [3.63, 3.8) is 0 Å². The normalized spacial score (nSPS) is 12.1. The van der Waals surface area contributed by atoms with Crippen LogP contribution in [0.1, 0.15) is 0 Å². The summed E-state index contributed by atoms with van der Waals surface area (Å²) >= 11 is 0. The minimum absolute atomic E-state index is 1.70. The number of rotatable bonds is 6. The zero-order valence-corrected chi connectivity index (χ0v) is 8.33. The summed E-state index contributed by atoms with van der Waals surface area (Å²) in [4.78, 5) is 48.1. The molecule has 0 rings (SSSR count). The lowest BCUT2D eigenvalue weighted by Gasteiger charge is -2.19. The van der Waals surface area contributed by atoms with E-state index in [1.165, 1.54) is 0 Å². The van der Waals surface area contributed by atoms with Crippen LogP contribution in [0.3, 0.4) is 0 Å². The Morgan fingerprint density at radius 1 is 1.00 bits per heavy atom. The van der Waals surface area contributed by atoms with Gasteiger partial charge in [0.25, 0.3) is 5.41 Å². The highest BCUT2D eigenvalue weighted by Gasteiger charge is 2.56. The molecule has 0 saturated heterocycles. The van der Waals surface area contributed by atoms with Crippen LogP contribution in [-0.2, 0) is 23.5 Å². The fourth-order valence-electron chi connectivity index (χ4n) is 0.641. The molecular formula is C5H7O10P. The smallest absolute Gasteiger partial charge is 0.469 e. The fraction of sp³-hybridized carbons (Fsp3) is 0.400. The number of hydrogen-bond acceptors (Lipinski definition) is 5. The van der Waals surface area contributed by atoms with Gasteiger partial charge in [-0.3, -0.25) is 18.9 Å². The Morgan fingerprint density at radius 3 is 1.50 bits per heavy atom. The van der Waals surface area contributed by atoms with Gasteiger partial charge in [-0.25, -0.2) is 4.57 Å². The number of phosphoric ester groups is 1. The number of phosphoric acid groups is 1. The molecule has 92 valence electrons. The number of hydrogen-bond donors (Lipinski definition) is 5. The highest BCUT2D eigenvalue weighted by molar-refractivity contribution is 7.46. The van der Waals surface area contributed by atoms with Gasteiger partial charge in [0.1, 0.15) is 0 Å². The molecule has 0 saturated carbocycles. The van der Waals surface area contributed by atoms with Crippen molar-refractivity contribution in [2.45, 2.75) is 0 Å². The zero-order valence-electron chi connectivity index (χ0n) is 7.43. The van der Waals surface area contributed by atoms with E-state index in [1.807, 2.05) is 0 Å². The average Bonchev–Trinajstić information content (AvgIpc) is 2.00. The summed E-state index contributed by atoms with van der Waals surface area (Å²) in [6.07, 6.45) is 0. The van der Waals surface area contributed by atoms with E-state index < -0.39 is 37.8 Å². The van der Waals surface area contributed by atoms with Crippen LogP contribution in [0.2, 0.25) is 0 Å². The number of carbonyl (C=O) groups is 3. The lowest BCUT2D eigenvalue weighted by atomic mass is 9.90. The van der Waals surface area contributed by atoms with Gasteiger partial charge in [-0.2, -0.15) is 0 Å². The van der Waals surface area contributed by atoms with Crippen LogP contribution in [0, 0.1) is 5.41 Å². The maximum Gasteiger partial charge on any atom is 0.469 e. The summed E-state index contributed by atoms with van der Waals surface area (Å²) in [6.45, 7) is -1.70. The van der Waals surface area contributed by atoms with Crippen molar-refractivity contribution in [1.82, 2.24) is 0 Å². The van der Waals surface area contributed by atoms with E-state index in [-0.39, 0.29) is 0 Å². The molecule has 0 amide bonds. The topological polar surface area (TPSA) is 179 Å². The van der Waals surface area contributed by atoms with Gasteiger partial charge in [0.05, 0.1) is 6.61 Å². The summed E-state index contributed by atoms with van der Waals surface area (Å²) in [5.74, 6) is -6.91. The Labute approximate surface area is 87.3 Å². The van der Waals surface area contributed by atoms with Gasteiger partial charge in [0.2, 0.25) is 0 Å². The van der Waals surface area contributed by atoms with Gasteiger partial charge in [0, 0.05) is 0 Å². The van der Waals surface area contributed by atoms with Crippen molar-refractivity contribution in [1.29, 1.82) is 0 Å². The van der Waals surface area contributed by atoms with Gasteiger partial charge < -0.3 is 25.1 Å². The predicted molar refractivity (Wildman–Crippen MR) is 43.3 cm³/mol. The van der Waals surface area contributed by atoms with Crippen molar-refractivity contribution in [2.75, 3.05) is 6.61 Å². The lowest BCUT2D eigenvalue weighted by Crippen LogP contribution is -2.49. The predicted octanol–water partition coefficient (Wildman–Crippen LogP) is -1.66. The summed E-state index contributed by atoms with van der Waals surface area (Å²) in [5, 5.41) is 25.4. The summed E-state index contributed by atoms with van der Waals surface area (Å²) < 4.78 is 13.8. The second-order valence-corrected chi connectivity index (χ2v) is 3.82. The van der Waals surface area contributed by atoms with Gasteiger partial charge in [-0.1, -0.05) is 0 Å². The molecule has 11 heteroatoms. The Morgan fingerprint density at radius 2 is 1.31 bits per heavy atom. The molecule has 16 heavy (non-hydrogen) atoms. The molecule has 5 N–H and O–H groups in total. The molecular weight excluding hydrogens is 251 g/mol. The zero-order chi connectivity index (χ0) is 13.1. The summed E-state index contributed by atoms with van der Waals surface area (Å²) in [5.41, 5.74) is -3.46. The molecule has 0 spiro atoms. The maximum atomic E-state index is 10.5. The fourth-order valence-corrected chi connectivity index (χ4v) is 1.00. The second-order valence-electron chi connectivity index (χ2n) is 2.58. The van der Waals surface area contributed by atoms with Crippen LogP contribution >= 0.6 is 7.82 Å². The molecule has 0 fully saturated rings. The van der Waals surface area contributed by atoms with Crippen LogP contribution in [0.15, 0.2) is 0 Å². The Kier molecular flexibility index (Phi) is 4.15. The summed E-state index contributed by atoms with van der Waals surface area (Å²) in [7, 11) is -5.17. The molecule has 0 atom stereocenters. The molecule has 10 nitrogen and oxygen atoms in total. The Hall–Kier alpha value is -1.48. The molecule has 0 aromatic carbocycles. The quantitative estimate of drug-likeness (QED) is 0.273. The Balaban J connectivity index is 5.24. The van der Waals surface area contributed by atoms with Crippen molar-refractivity contribution in [3.8, 4) is 0 Å². The molecule has 0 unspecified atom stereocenters. The molecule has 0 radical (unpaired) electrons. The Bertz CT molecular complexity index is 329. The molecule has 0 aromatic rings. The van der Waals surface area contributed by atoms with Crippen LogP contribution in [0.25, 0.3) is 0 Å². The van der Waals surface area contributed by atoms with E-state index in [0.717, 1.165) is 0 Å². The molecule has 0 aliphatic heterocycles. The first-order valence-electron chi connectivity index (χ1n) is 3.44. The van der Waals surface area contributed by atoms with Crippen LogP contribution in [-0.4, -0.2) is 49.6 Å². The van der Waals surface area contributed by atoms with Crippen molar-refractivity contribution in [3.05, 3.63) is 0 Å². The van der Waals surface area contributed by atoms with E-state index in [1.54, 1.807) is 0 Å². The van der Waals surface area contributed by atoms with Crippen LogP contribution in [0.5, 0.6) is 0 Å². The number of aliphatic carboxylic acids is 3. The van der Waals surface area contributed by atoms with Gasteiger partial charge in [0.15, 0.2) is 0 Å². The molecule has 0 heterocycles. The molecule has 0 bridgehead atoms. The average molecular weight is 258 g/mol. The minimum atomic E-state index is -5.17. The molecule has 0 aromatic heterocycles. The van der Waals surface area contributed by atoms with Gasteiger partial charge >= 0.3 is 25.7 Å². The number of carboxylic acids is 3. The third-order valence-corrected chi connectivity index (χ3v) is 2.01. The minimum Gasteiger partial charge on any atom is -0.480 e. The molecule has 0 aliphatic rings. The van der Waals surface area contributed by atoms with E-state index in [2.05, 4.69) is 4.52 Å².